The first-order valence-electron chi connectivity index (χ1n) is 8.64. The summed E-state index contributed by atoms with van der Waals surface area (Å²) in [5.74, 6) is 0.461. The molecule has 26 heavy (non-hydrogen) atoms. The van der Waals surface area contributed by atoms with Crippen LogP contribution in [-0.4, -0.2) is 37.4 Å². The molecule has 0 spiro atoms. The molecule has 4 rings (SSSR count). The van der Waals surface area contributed by atoms with Crippen LogP contribution in [0.1, 0.15) is 45.7 Å². The number of nitrogens with zero attached hydrogens (tertiary/aromatic N) is 4. The maximum atomic E-state index is 12.7. The largest absolute Gasteiger partial charge is 0.382 e. The highest BCUT2D eigenvalue weighted by atomic mass is 16.5. The number of aliphatic hydroxyl groups excluding tert-OH is 1. The van der Waals surface area contributed by atoms with Gasteiger partial charge in [-0.1, -0.05) is 35.5 Å². The molecule has 3 heterocycles. The Bertz CT molecular complexity index is 916. The van der Waals surface area contributed by atoms with Crippen molar-refractivity contribution in [1.29, 1.82) is 0 Å². The first kappa shape index (κ1) is 16.5. The van der Waals surface area contributed by atoms with Gasteiger partial charge >= 0.3 is 0 Å². The molecular formula is C19H20N4O3. The Morgan fingerprint density at radius 2 is 2.04 bits per heavy atom. The summed E-state index contributed by atoms with van der Waals surface area (Å²) in [5, 5.41) is 19.0. The van der Waals surface area contributed by atoms with Crippen LogP contribution in [0.25, 0.3) is 0 Å². The lowest BCUT2D eigenvalue weighted by Crippen LogP contribution is -2.30. The third-order valence-electron chi connectivity index (χ3n) is 4.56. The van der Waals surface area contributed by atoms with Gasteiger partial charge in [0.2, 0.25) is 0 Å². The SMILES string of the molecule is Cc1cc(C(=O)N2CCCn3nc([C@@H](O)c4ccccc4)cc3C2)no1. The zero-order valence-corrected chi connectivity index (χ0v) is 14.5. The molecule has 1 N–H and O–H groups in total. The molecule has 3 aromatic rings. The molecule has 7 nitrogen and oxygen atoms in total. The Hall–Kier alpha value is -2.93. The first-order valence-corrected chi connectivity index (χ1v) is 8.64. The van der Waals surface area contributed by atoms with Crippen LogP contribution in [-0.2, 0) is 13.1 Å². The topological polar surface area (TPSA) is 84.4 Å². The summed E-state index contributed by atoms with van der Waals surface area (Å²) in [4.78, 5) is 14.4. The van der Waals surface area contributed by atoms with Gasteiger partial charge in [0.05, 0.1) is 17.9 Å². The van der Waals surface area contributed by atoms with Gasteiger partial charge < -0.3 is 14.5 Å². The van der Waals surface area contributed by atoms with Crippen molar-refractivity contribution >= 4 is 5.91 Å². The molecule has 0 bridgehead atoms. The summed E-state index contributed by atoms with van der Waals surface area (Å²) < 4.78 is 6.89. The van der Waals surface area contributed by atoms with Crippen LogP contribution >= 0.6 is 0 Å². The molecule has 1 aliphatic rings. The van der Waals surface area contributed by atoms with Gasteiger partial charge in [0.25, 0.3) is 5.91 Å². The van der Waals surface area contributed by atoms with Crippen molar-refractivity contribution in [3.63, 3.8) is 0 Å². The first-order chi connectivity index (χ1) is 12.6. The van der Waals surface area contributed by atoms with E-state index in [1.807, 2.05) is 41.1 Å². The number of hydrogen-bond acceptors (Lipinski definition) is 5. The minimum Gasteiger partial charge on any atom is -0.382 e. The normalized spacial score (nSPS) is 15.4. The quantitative estimate of drug-likeness (QED) is 0.782. The smallest absolute Gasteiger partial charge is 0.276 e. The van der Waals surface area contributed by atoms with Gasteiger partial charge in [-0.05, 0) is 25.0 Å². The Morgan fingerprint density at radius 3 is 2.77 bits per heavy atom. The highest BCUT2D eigenvalue weighted by molar-refractivity contribution is 5.92. The van der Waals surface area contributed by atoms with Crippen LogP contribution in [0.5, 0.6) is 0 Å². The van der Waals surface area contributed by atoms with Gasteiger partial charge in [0.1, 0.15) is 11.9 Å². The third kappa shape index (κ3) is 3.13. The summed E-state index contributed by atoms with van der Waals surface area (Å²) in [7, 11) is 0. The second kappa shape index (κ2) is 6.76. The monoisotopic (exact) mass is 352 g/mol. The number of fused-ring (bicyclic) bond motifs is 1. The molecule has 0 saturated carbocycles. The Kier molecular flexibility index (Phi) is 4.30. The minimum atomic E-state index is -0.780. The van der Waals surface area contributed by atoms with Crippen molar-refractivity contribution in [2.45, 2.75) is 32.5 Å². The number of carbonyl (C=O) groups is 1. The fourth-order valence-corrected chi connectivity index (χ4v) is 3.23. The summed E-state index contributed by atoms with van der Waals surface area (Å²) in [5.41, 5.74) is 2.62. The zero-order valence-electron chi connectivity index (χ0n) is 14.5. The molecule has 134 valence electrons. The van der Waals surface area contributed by atoms with Crippen LogP contribution in [0.3, 0.4) is 0 Å². The van der Waals surface area contributed by atoms with Crippen molar-refractivity contribution in [1.82, 2.24) is 19.8 Å². The number of carbonyl (C=O) groups excluding carboxylic acids is 1. The molecule has 1 atom stereocenters. The lowest BCUT2D eigenvalue weighted by molar-refractivity contribution is 0.0735. The summed E-state index contributed by atoms with van der Waals surface area (Å²) in [6.07, 6.45) is 0.0101. The van der Waals surface area contributed by atoms with Gasteiger partial charge in [-0.2, -0.15) is 5.10 Å². The standard InChI is InChI=1S/C19H20N4O3/c1-13-10-17(21-26-13)19(25)22-8-5-9-23-15(12-22)11-16(20-23)18(24)14-6-3-2-4-7-14/h2-4,6-7,10-11,18,24H,5,8-9,12H2,1H3/t18-/m0/s1. The number of amides is 1. The minimum absolute atomic E-state index is 0.151. The zero-order chi connectivity index (χ0) is 18.1. The van der Waals surface area contributed by atoms with Gasteiger partial charge in [-0.3, -0.25) is 9.48 Å². The number of rotatable bonds is 3. The predicted molar refractivity (Wildman–Crippen MR) is 93.3 cm³/mol. The van der Waals surface area contributed by atoms with E-state index in [2.05, 4.69) is 10.3 Å². The van der Waals surface area contributed by atoms with Crippen LogP contribution < -0.4 is 0 Å². The molecular weight excluding hydrogens is 332 g/mol. The Morgan fingerprint density at radius 1 is 1.23 bits per heavy atom. The summed E-state index contributed by atoms with van der Waals surface area (Å²) >= 11 is 0. The molecule has 0 saturated heterocycles. The number of aryl methyl sites for hydroxylation is 2. The van der Waals surface area contributed by atoms with Gasteiger partial charge in [0.15, 0.2) is 5.69 Å². The Labute approximate surface area is 150 Å². The molecule has 1 aromatic carbocycles. The van der Waals surface area contributed by atoms with Crippen LogP contribution in [0.15, 0.2) is 47.0 Å². The van der Waals surface area contributed by atoms with Gasteiger partial charge in [-0.25, -0.2) is 0 Å². The van der Waals surface area contributed by atoms with Gasteiger partial charge in [-0.15, -0.1) is 0 Å². The van der Waals surface area contributed by atoms with Crippen LogP contribution in [0.2, 0.25) is 0 Å². The van der Waals surface area contributed by atoms with E-state index in [1.165, 1.54) is 0 Å². The van der Waals surface area contributed by atoms with Crippen molar-refractivity contribution < 1.29 is 14.4 Å². The number of benzene rings is 1. The lowest BCUT2D eigenvalue weighted by Gasteiger charge is -2.18. The highest BCUT2D eigenvalue weighted by Gasteiger charge is 2.25. The predicted octanol–water partition coefficient (Wildman–Crippen LogP) is 2.31. The maximum absolute atomic E-state index is 12.7. The van der Waals surface area contributed by atoms with Crippen molar-refractivity contribution in [3.05, 3.63) is 70.9 Å². The molecule has 1 amide bonds. The lowest BCUT2D eigenvalue weighted by atomic mass is 10.1. The van der Waals surface area contributed by atoms with Crippen molar-refractivity contribution in [3.8, 4) is 0 Å². The van der Waals surface area contributed by atoms with Gasteiger partial charge in [0, 0.05) is 19.2 Å². The van der Waals surface area contributed by atoms with E-state index in [-0.39, 0.29) is 5.91 Å². The average molecular weight is 352 g/mol. The van der Waals surface area contributed by atoms with Crippen molar-refractivity contribution in [2.75, 3.05) is 6.54 Å². The van der Waals surface area contributed by atoms with E-state index in [4.69, 9.17) is 4.52 Å². The molecule has 0 unspecified atom stereocenters. The second-order valence-electron chi connectivity index (χ2n) is 6.50. The third-order valence-corrected chi connectivity index (χ3v) is 4.56. The second-order valence-corrected chi connectivity index (χ2v) is 6.50. The number of aliphatic hydroxyl groups is 1. The molecule has 0 radical (unpaired) electrons. The number of aromatic nitrogens is 3. The number of hydrogen-bond donors (Lipinski definition) is 1. The van der Waals surface area contributed by atoms with E-state index in [0.717, 1.165) is 17.7 Å². The maximum Gasteiger partial charge on any atom is 0.276 e. The van der Waals surface area contributed by atoms with E-state index in [0.29, 0.717) is 36.8 Å². The van der Waals surface area contributed by atoms with E-state index < -0.39 is 6.10 Å². The molecule has 0 fully saturated rings. The molecule has 1 aliphatic heterocycles. The fourth-order valence-electron chi connectivity index (χ4n) is 3.23. The molecule has 2 aromatic heterocycles. The van der Waals surface area contributed by atoms with Crippen LogP contribution in [0.4, 0.5) is 0 Å². The fraction of sp³-hybridized carbons (Fsp3) is 0.316. The summed E-state index contributed by atoms with van der Waals surface area (Å²) in [6.45, 7) is 3.53. The molecule has 0 aliphatic carbocycles. The molecule has 7 heteroatoms. The average Bonchev–Trinajstić information content (AvgIpc) is 3.22. The summed E-state index contributed by atoms with van der Waals surface area (Å²) in [6, 6.07) is 13.0. The highest BCUT2D eigenvalue weighted by Crippen LogP contribution is 2.24. The van der Waals surface area contributed by atoms with Crippen LogP contribution in [0, 0.1) is 6.92 Å². The van der Waals surface area contributed by atoms with E-state index in [1.54, 1.807) is 17.9 Å². The Balaban J connectivity index is 1.57. The van der Waals surface area contributed by atoms with E-state index >= 15 is 0 Å². The van der Waals surface area contributed by atoms with E-state index in [9.17, 15) is 9.90 Å². The van der Waals surface area contributed by atoms with Crippen molar-refractivity contribution in [2.24, 2.45) is 0 Å².